The molecular formula is C25H29N3O3. The van der Waals surface area contributed by atoms with Gasteiger partial charge in [0.1, 0.15) is 12.3 Å². The SMILES string of the molecule is COc1ccccc1[C@@H]1CC(c2ccc(C)c(C)c2)=NN1C(=O)CN(C)C(=O)C1CC1. The highest BCUT2D eigenvalue weighted by Crippen LogP contribution is 2.38. The van der Waals surface area contributed by atoms with E-state index in [0.717, 1.165) is 35.4 Å². The van der Waals surface area contributed by atoms with E-state index < -0.39 is 0 Å². The summed E-state index contributed by atoms with van der Waals surface area (Å²) in [5.41, 5.74) is 5.20. The second-order valence-corrected chi connectivity index (χ2v) is 8.51. The molecule has 1 fully saturated rings. The van der Waals surface area contributed by atoms with E-state index in [-0.39, 0.29) is 30.3 Å². The maximum absolute atomic E-state index is 13.3. The van der Waals surface area contributed by atoms with Gasteiger partial charge in [-0.15, -0.1) is 0 Å². The number of nitrogens with zero attached hydrogens (tertiary/aromatic N) is 3. The smallest absolute Gasteiger partial charge is 0.262 e. The summed E-state index contributed by atoms with van der Waals surface area (Å²) in [5.74, 6) is 0.659. The van der Waals surface area contributed by atoms with Crippen LogP contribution in [0.2, 0.25) is 0 Å². The van der Waals surface area contributed by atoms with Crippen LogP contribution in [0.5, 0.6) is 5.75 Å². The Balaban J connectivity index is 1.65. The van der Waals surface area contributed by atoms with Crippen molar-refractivity contribution in [1.82, 2.24) is 9.91 Å². The minimum Gasteiger partial charge on any atom is -0.496 e. The first-order valence-corrected chi connectivity index (χ1v) is 10.7. The molecular weight excluding hydrogens is 390 g/mol. The fraction of sp³-hybridized carbons (Fsp3) is 0.400. The fourth-order valence-corrected chi connectivity index (χ4v) is 4.01. The Kier molecular flexibility index (Phi) is 5.81. The fourth-order valence-electron chi connectivity index (χ4n) is 4.01. The maximum Gasteiger partial charge on any atom is 0.262 e. The van der Waals surface area contributed by atoms with E-state index >= 15 is 0 Å². The number of ether oxygens (including phenoxy) is 1. The van der Waals surface area contributed by atoms with Crippen LogP contribution in [0.1, 0.15) is 47.6 Å². The van der Waals surface area contributed by atoms with E-state index in [9.17, 15) is 9.59 Å². The Labute approximate surface area is 183 Å². The summed E-state index contributed by atoms with van der Waals surface area (Å²) in [6.07, 6.45) is 2.43. The molecule has 0 spiro atoms. The minimum atomic E-state index is -0.273. The molecule has 1 aliphatic heterocycles. The Bertz CT molecular complexity index is 1040. The number of rotatable bonds is 6. The van der Waals surface area contributed by atoms with Crippen molar-refractivity contribution < 1.29 is 14.3 Å². The van der Waals surface area contributed by atoms with Crippen molar-refractivity contribution in [2.24, 2.45) is 11.0 Å². The number of carbonyl (C=O) groups is 2. The summed E-state index contributed by atoms with van der Waals surface area (Å²) in [6.45, 7) is 4.17. The van der Waals surface area contributed by atoms with Crippen LogP contribution in [0.25, 0.3) is 0 Å². The van der Waals surface area contributed by atoms with Crippen molar-refractivity contribution in [3.63, 3.8) is 0 Å². The molecule has 162 valence electrons. The van der Waals surface area contributed by atoms with Gasteiger partial charge in [0, 0.05) is 24.9 Å². The number of carbonyl (C=O) groups excluding carboxylic acids is 2. The Morgan fingerprint density at radius 3 is 2.55 bits per heavy atom. The van der Waals surface area contributed by atoms with Crippen molar-refractivity contribution >= 4 is 17.5 Å². The van der Waals surface area contributed by atoms with Gasteiger partial charge in [-0.2, -0.15) is 5.10 Å². The number of likely N-dealkylation sites (N-methyl/N-ethyl adjacent to an activating group) is 1. The predicted molar refractivity (Wildman–Crippen MR) is 120 cm³/mol. The van der Waals surface area contributed by atoms with Gasteiger partial charge in [0.05, 0.1) is 18.9 Å². The molecule has 0 N–H and O–H groups in total. The third kappa shape index (κ3) is 4.33. The summed E-state index contributed by atoms with van der Waals surface area (Å²) in [6, 6.07) is 13.7. The number of para-hydroxylation sites is 1. The molecule has 0 bridgehead atoms. The highest BCUT2D eigenvalue weighted by molar-refractivity contribution is 6.03. The van der Waals surface area contributed by atoms with Crippen LogP contribution in [0.15, 0.2) is 47.6 Å². The topological polar surface area (TPSA) is 62.2 Å². The lowest BCUT2D eigenvalue weighted by Gasteiger charge is -2.26. The lowest BCUT2D eigenvalue weighted by molar-refractivity contribution is -0.141. The molecule has 0 aromatic heterocycles. The molecule has 6 nitrogen and oxygen atoms in total. The van der Waals surface area contributed by atoms with E-state index in [1.165, 1.54) is 16.0 Å². The van der Waals surface area contributed by atoms with E-state index in [4.69, 9.17) is 9.84 Å². The molecule has 1 saturated carbocycles. The first kappa shape index (κ1) is 21.1. The lowest BCUT2D eigenvalue weighted by atomic mass is 9.96. The molecule has 6 heteroatoms. The van der Waals surface area contributed by atoms with Crippen LogP contribution in [0.4, 0.5) is 0 Å². The number of hydrogen-bond acceptors (Lipinski definition) is 4. The summed E-state index contributed by atoms with van der Waals surface area (Å²) < 4.78 is 5.57. The third-order valence-electron chi connectivity index (χ3n) is 6.18. The predicted octanol–water partition coefficient (Wildman–Crippen LogP) is 3.86. The largest absolute Gasteiger partial charge is 0.496 e. The van der Waals surface area contributed by atoms with Gasteiger partial charge in [0.25, 0.3) is 5.91 Å². The molecule has 1 heterocycles. The van der Waals surface area contributed by atoms with E-state index in [2.05, 4.69) is 32.0 Å². The summed E-state index contributed by atoms with van der Waals surface area (Å²) in [4.78, 5) is 27.2. The number of benzene rings is 2. The maximum atomic E-state index is 13.3. The van der Waals surface area contributed by atoms with Crippen LogP contribution < -0.4 is 4.74 Å². The van der Waals surface area contributed by atoms with Crippen LogP contribution in [-0.4, -0.2) is 48.1 Å². The number of amides is 2. The second-order valence-electron chi connectivity index (χ2n) is 8.51. The van der Waals surface area contributed by atoms with Crippen LogP contribution >= 0.6 is 0 Å². The average Bonchev–Trinajstić information content (AvgIpc) is 3.53. The van der Waals surface area contributed by atoms with Crippen molar-refractivity contribution in [3.8, 4) is 5.75 Å². The number of hydrazone groups is 1. The zero-order valence-corrected chi connectivity index (χ0v) is 18.6. The molecule has 0 saturated heterocycles. The van der Waals surface area contributed by atoms with Crippen molar-refractivity contribution in [3.05, 3.63) is 64.7 Å². The zero-order chi connectivity index (χ0) is 22.1. The van der Waals surface area contributed by atoms with Gasteiger partial charge in [-0.1, -0.05) is 30.3 Å². The van der Waals surface area contributed by atoms with Gasteiger partial charge in [-0.25, -0.2) is 5.01 Å². The molecule has 2 aromatic carbocycles. The zero-order valence-electron chi connectivity index (χ0n) is 18.6. The van der Waals surface area contributed by atoms with E-state index in [1.54, 1.807) is 19.2 Å². The molecule has 1 atom stereocenters. The molecule has 4 rings (SSSR count). The molecule has 2 aliphatic rings. The Hall–Kier alpha value is -3.15. The lowest BCUT2D eigenvalue weighted by Crippen LogP contribution is -2.39. The molecule has 31 heavy (non-hydrogen) atoms. The number of methoxy groups -OCH3 is 1. The number of hydrogen-bond donors (Lipinski definition) is 0. The Morgan fingerprint density at radius 2 is 1.87 bits per heavy atom. The van der Waals surface area contributed by atoms with Gasteiger partial charge in [0.15, 0.2) is 0 Å². The molecule has 0 unspecified atom stereocenters. The third-order valence-corrected chi connectivity index (χ3v) is 6.18. The molecule has 0 radical (unpaired) electrons. The van der Waals surface area contributed by atoms with Crippen LogP contribution in [0, 0.1) is 19.8 Å². The van der Waals surface area contributed by atoms with Gasteiger partial charge < -0.3 is 9.64 Å². The van der Waals surface area contributed by atoms with Crippen molar-refractivity contribution in [2.75, 3.05) is 20.7 Å². The van der Waals surface area contributed by atoms with Gasteiger partial charge >= 0.3 is 0 Å². The average molecular weight is 420 g/mol. The van der Waals surface area contributed by atoms with Gasteiger partial charge in [-0.05, 0) is 55.5 Å². The second kappa shape index (κ2) is 8.53. The van der Waals surface area contributed by atoms with Gasteiger partial charge in [0.2, 0.25) is 5.91 Å². The molecule has 2 amide bonds. The first-order valence-electron chi connectivity index (χ1n) is 10.7. The van der Waals surface area contributed by atoms with Gasteiger partial charge in [-0.3, -0.25) is 9.59 Å². The van der Waals surface area contributed by atoms with Crippen LogP contribution in [0.3, 0.4) is 0 Å². The molecule has 2 aromatic rings. The summed E-state index contributed by atoms with van der Waals surface area (Å²) in [7, 11) is 3.33. The molecule has 1 aliphatic carbocycles. The van der Waals surface area contributed by atoms with Crippen LogP contribution in [-0.2, 0) is 9.59 Å². The Morgan fingerprint density at radius 1 is 1.13 bits per heavy atom. The minimum absolute atomic E-state index is 0.0185. The highest BCUT2D eigenvalue weighted by Gasteiger charge is 2.37. The highest BCUT2D eigenvalue weighted by atomic mass is 16.5. The number of aryl methyl sites for hydroxylation is 2. The summed E-state index contributed by atoms with van der Waals surface area (Å²) >= 11 is 0. The standard InChI is InChI=1S/C25H29N3O3/c1-16-9-10-19(13-17(16)2)21-14-22(20-7-5-6-8-23(20)31-4)28(26-21)24(29)15-27(3)25(30)18-11-12-18/h5-10,13,18,22H,11-12,14-15H2,1-4H3/t22-/m0/s1. The van der Waals surface area contributed by atoms with Crippen molar-refractivity contribution in [2.45, 2.75) is 39.2 Å². The van der Waals surface area contributed by atoms with Crippen molar-refractivity contribution in [1.29, 1.82) is 0 Å². The normalized spacial score (nSPS) is 18.0. The summed E-state index contributed by atoms with van der Waals surface area (Å²) in [5, 5.41) is 6.28. The quantitative estimate of drug-likeness (QED) is 0.714. The van der Waals surface area contributed by atoms with E-state index in [1.807, 2.05) is 24.3 Å². The monoisotopic (exact) mass is 419 g/mol. The van der Waals surface area contributed by atoms with E-state index in [0.29, 0.717) is 6.42 Å². The first-order chi connectivity index (χ1) is 14.9.